The Morgan fingerprint density at radius 2 is 2.05 bits per heavy atom. The lowest BCUT2D eigenvalue weighted by molar-refractivity contribution is -0.0476. The molecule has 0 spiro atoms. The molecule has 1 aliphatic rings. The maximum atomic E-state index is 13.1. The number of hydrogen-bond acceptors (Lipinski definition) is 4. The topological polar surface area (TPSA) is 56.7 Å². The van der Waals surface area contributed by atoms with Gasteiger partial charge in [-0.05, 0) is 32.6 Å². The van der Waals surface area contributed by atoms with Crippen molar-refractivity contribution in [3.63, 3.8) is 0 Å². The van der Waals surface area contributed by atoms with Gasteiger partial charge in [0.05, 0.1) is 17.5 Å². The van der Waals surface area contributed by atoms with Gasteiger partial charge in [-0.1, -0.05) is 10.4 Å². The van der Waals surface area contributed by atoms with E-state index >= 15 is 0 Å². The van der Waals surface area contributed by atoms with Crippen LogP contribution in [0.2, 0.25) is 0 Å². The highest BCUT2D eigenvalue weighted by Crippen LogP contribution is 2.36. The van der Waals surface area contributed by atoms with E-state index in [0.29, 0.717) is 30.8 Å². The summed E-state index contributed by atoms with van der Waals surface area (Å²) < 4.78 is 33.1. The van der Waals surface area contributed by atoms with E-state index in [-0.39, 0.29) is 18.8 Å². The van der Waals surface area contributed by atoms with Gasteiger partial charge in [0, 0.05) is 19.4 Å². The minimum absolute atomic E-state index is 0.0247. The van der Waals surface area contributed by atoms with Crippen LogP contribution < -0.4 is 0 Å². The van der Waals surface area contributed by atoms with Gasteiger partial charge in [0.25, 0.3) is 0 Å². The predicted octanol–water partition coefficient (Wildman–Crippen LogP) is 3.38. The van der Waals surface area contributed by atoms with Gasteiger partial charge in [0.15, 0.2) is 0 Å². The molecule has 0 amide bonds. The molecule has 2 heterocycles. The van der Waals surface area contributed by atoms with Gasteiger partial charge in [-0.3, -0.25) is 4.68 Å². The first-order valence-corrected chi connectivity index (χ1v) is 7.16. The van der Waals surface area contributed by atoms with Gasteiger partial charge in [-0.15, -0.1) is 5.10 Å². The Kier molecular flexibility index (Phi) is 3.51. The Balaban J connectivity index is 1.69. The van der Waals surface area contributed by atoms with E-state index in [4.69, 9.17) is 4.52 Å². The summed E-state index contributed by atoms with van der Waals surface area (Å²) in [6.07, 6.45) is 2.85. The summed E-state index contributed by atoms with van der Waals surface area (Å²) in [5.41, 5.74) is 2.35. The molecule has 0 N–H and O–H groups in total. The molecule has 3 rings (SSSR count). The van der Waals surface area contributed by atoms with Crippen molar-refractivity contribution >= 4 is 0 Å². The molecule has 0 aromatic carbocycles. The second-order valence-electron chi connectivity index (χ2n) is 5.82. The minimum atomic E-state index is -2.49. The number of rotatable bonds is 3. The van der Waals surface area contributed by atoms with Crippen LogP contribution in [0.15, 0.2) is 10.7 Å². The van der Waals surface area contributed by atoms with Crippen LogP contribution in [-0.4, -0.2) is 26.1 Å². The Labute approximate surface area is 121 Å². The fraction of sp³-hybridized carbons (Fsp3) is 0.643. The second-order valence-corrected chi connectivity index (χ2v) is 5.82. The molecule has 0 bridgehead atoms. The first-order valence-electron chi connectivity index (χ1n) is 7.16. The van der Waals surface area contributed by atoms with Crippen molar-refractivity contribution in [1.82, 2.24) is 20.2 Å². The number of hydrogen-bond donors (Lipinski definition) is 0. The molecular formula is C14H18F2N4O. The Morgan fingerprint density at radius 1 is 1.33 bits per heavy atom. The highest BCUT2D eigenvalue weighted by atomic mass is 19.3. The van der Waals surface area contributed by atoms with Gasteiger partial charge in [-0.2, -0.15) is 0 Å². The Bertz CT molecular complexity index is 605. The molecule has 0 aliphatic heterocycles. The van der Waals surface area contributed by atoms with E-state index in [1.807, 2.05) is 20.0 Å². The van der Waals surface area contributed by atoms with E-state index in [2.05, 4.69) is 15.5 Å². The van der Waals surface area contributed by atoms with Gasteiger partial charge < -0.3 is 4.52 Å². The molecule has 2 aromatic rings. The third-order valence-corrected chi connectivity index (χ3v) is 4.11. The molecule has 0 atom stereocenters. The van der Waals surface area contributed by atoms with Crippen LogP contribution in [0.5, 0.6) is 0 Å². The number of halogens is 2. The number of aromatic nitrogens is 4. The third-order valence-electron chi connectivity index (χ3n) is 4.11. The predicted molar refractivity (Wildman–Crippen MR) is 71.9 cm³/mol. The zero-order valence-corrected chi connectivity index (χ0v) is 12.1. The van der Waals surface area contributed by atoms with E-state index < -0.39 is 5.92 Å². The lowest BCUT2D eigenvalue weighted by Gasteiger charge is -2.27. The second kappa shape index (κ2) is 5.20. The standard InChI is InChI=1S/C14H18F2N4O/c1-9-13(10(2)21-18-9)12-8-20(19-17-12)7-11-3-5-14(15,16)6-4-11/h8,11H,3-7H2,1-2H3. The van der Waals surface area contributed by atoms with Crippen molar-refractivity contribution in [2.45, 2.75) is 52.0 Å². The van der Waals surface area contributed by atoms with Crippen LogP contribution in [-0.2, 0) is 6.54 Å². The molecule has 7 heteroatoms. The lowest BCUT2D eigenvalue weighted by atomic mass is 9.87. The van der Waals surface area contributed by atoms with Crippen LogP contribution in [0, 0.1) is 19.8 Å². The maximum Gasteiger partial charge on any atom is 0.248 e. The summed E-state index contributed by atoms with van der Waals surface area (Å²) in [5, 5.41) is 12.1. The summed E-state index contributed by atoms with van der Waals surface area (Å²) in [6, 6.07) is 0. The molecule has 21 heavy (non-hydrogen) atoms. The summed E-state index contributed by atoms with van der Waals surface area (Å²) in [5.74, 6) is -1.54. The molecular weight excluding hydrogens is 278 g/mol. The monoisotopic (exact) mass is 296 g/mol. The fourth-order valence-electron chi connectivity index (χ4n) is 2.90. The van der Waals surface area contributed by atoms with Gasteiger partial charge >= 0.3 is 0 Å². The summed E-state index contributed by atoms with van der Waals surface area (Å²) in [6.45, 7) is 4.32. The zero-order chi connectivity index (χ0) is 15.0. The molecule has 5 nitrogen and oxygen atoms in total. The van der Waals surface area contributed by atoms with Crippen molar-refractivity contribution < 1.29 is 13.3 Å². The van der Waals surface area contributed by atoms with E-state index in [0.717, 1.165) is 11.3 Å². The SMILES string of the molecule is Cc1noc(C)c1-c1cn(CC2CCC(F)(F)CC2)nn1. The van der Waals surface area contributed by atoms with Crippen LogP contribution in [0.3, 0.4) is 0 Å². The van der Waals surface area contributed by atoms with Crippen molar-refractivity contribution in [2.24, 2.45) is 5.92 Å². The van der Waals surface area contributed by atoms with E-state index in [1.165, 1.54) is 0 Å². The largest absolute Gasteiger partial charge is 0.361 e. The fourth-order valence-corrected chi connectivity index (χ4v) is 2.90. The maximum absolute atomic E-state index is 13.1. The van der Waals surface area contributed by atoms with Gasteiger partial charge in [-0.25, -0.2) is 8.78 Å². The van der Waals surface area contributed by atoms with Gasteiger partial charge in [0.2, 0.25) is 5.92 Å². The summed E-state index contributed by atoms with van der Waals surface area (Å²) >= 11 is 0. The van der Waals surface area contributed by atoms with Crippen molar-refractivity contribution in [2.75, 3.05) is 0 Å². The number of aryl methyl sites for hydroxylation is 2. The Morgan fingerprint density at radius 3 is 2.67 bits per heavy atom. The van der Waals surface area contributed by atoms with Gasteiger partial charge in [0.1, 0.15) is 11.5 Å². The van der Waals surface area contributed by atoms with Crippen molar-refractivity contribution in [3.8, 4) is 11.3 Å². The lowest BCUT2D eigenvalue weighted by Crippen LogP contribution is -2.26. The summed E-state index contributed by atoms with van der Waals surface area (Å²) in [4.78, 5) is 0. The molecule has 114 valence electrons. The highest BCUT2D eigenvalue weighted by Gasteiger charge is 2.35. The summed E-state index contributed by atoms with van der Waals surface area (Å²) in [7, 11) is 0. The van der Waals surface area contributed by atoms with Crippen LogP contribution >= 0.6 is 0 Å². The molecule has 2 aromatic heterocycles. The molecule has 0 saturated heterocycles. The highest BCUT2D eigenvalue weighted by molar-refractivity contribution is 5.62. The molecule has 1 aliphatic carbocycles. The third kappa shape index (κ3) is 2.96. The molecule has 0 radical (unpaired) electrons. The number of alkyl halides is 2. The average Bonchev–Trinajstić information content (AvgIpc) is 2.99. The van der Waals surface area contributed by atoms with Crippen molar-refractivity contribution in [3.05, 3.63) is 17.7 Å². The van der Waals surface area contributed by atoms with E-state index in [1.54, 1.807) is 4.68 Å². The van der Waals surface area contributed by atoms with Crippen molar-refractivity contribution in [1.29, 1.82) is 0 Å². The van der Waals surface area contributed by atoms with Crippen LogP contribution in [0.4, 0.5) is 8.78 Å². The zero-order valence-electron chi connectivity index (χ0n) is 12.1. The molecule has 1 fully saturated rings. The normalized spacial score (nSPS) is 19.0. The van der Waals surface area contributed by atoms with Crippen LogP contribution in [0.1, 0.15) is 37.1 Å². The first kappa shape index (κ1) is 14.2. The smallest absolute Gasteiger partial charge is 0.248 e. The average molecular weight is 296 g/mol. The Hall–Kier alpha value is -1.79. The van der Waals surface area contributed by atoms with Crippen LogP contribution in [0.25, 0.3) is 11.3 Å². The quantitative estimate of drug-likeness (QED) is 0.871. The number of nitrogens with zero attached hydrogens (tertiary/aromatic N) is 4. The molecule has 1 saturated carbocycles. The van der Waals surface area contributed by atoms with E-state index in [9.17, 15) is 8.78 Å². The molecule has 0 unspecified atom stereocenters. The first-order chi connectivity index (χ1) is 9.94. The minimum Gasteiger partial charge on any atom is -0.361 e.